The summed E-state index contributed by atoms with van der Waals surface area (Å²) in [5.74, 6) is -0.120. The highest BCUT2D eigenvalue weighted by molar-refractivity contribution is 8.18. The van der Waals surface area contributed by atoms with Gasteiger partial charge in [0.15, 0.2) is 16.7 Å². The van der Waals surface area contributed by atoms with E-state index in [2.05, 4.69) is 10.3 Å². The van der Waals surface area contributed by atoms with E-state index in [1.807, 2.05) is 36.4 Å². The van der Waals surface area contributed by atoms with Gasteiger partial charge in [0.25, 0.3) is 5.91 Å². The summed E-state index contributed by atoms with van der Waals surface area (Å²) in [4.78, 5) is 28.3. The number of carbonyl (C=O) groups excluding carboxylic acids is 1. The molecule has 0 aromatic heterocycles. The highest BCUT2D eigenvalue weighted by Gasteiger charge is 2.24. The largest absolute Gasteiger partial charge is 0.493 e. The number of aliphatic imine (C=N–C) groups is 1. The lowest BCUT2D eigenvalue weighted by Gasteiger charge is -2.11. The van der Waals surface area contributed by atoms with Gasteiger partial charge in [-0.3, -0.25) is 4.79 Å². The Balaban J connectivity index is 1.46. The SMILES string of the molecule is COc1cc(/C=C2/SC(=Nc3ccccc3)NC2=O)ccc1OCc1ccc(C(=O)O)cc1. The van der Waals surface area contributed by atoms with Crippen LogP contribution in [0.15, 0.2) is 82.7 Å². The van der Waals surface area contributed by atoms with Crippen molar-refractivity contribution < 1.29 is 24.2 Å². The highest BCUT2D eigenvalue weighted by Crippen LogP contribution is 2.32. The first kappa shape index (κ1) is 22.2. The van der Waals surface area contributed by atoms with Gasteiger partial charge < -0.3 is 19.9 Å². The zero-order valence-electron chi connectivity index (χ0n) is 17.6. The van der Waals surface area contributed by atoms with Crippen molar-refractivity contribution in [2.24, 2.45) is 4.99 Å². The van der Waals surface area contributed by atoms with Crippen LogP contribution in [0.2, 0.25) is 0 Å². The van der Waals surface area contributed by atoms with Crippen molar-refractivity contribution in [1.82, 2.24) is 5.32 Å². The minimum atomic E-state index is -0.971. The number of hydrogen-bond donors (Lipinski definition) is 2. The molecule has 0 saturated carbocycles. The molecule has 0 atom stereocenters. The average Bonchev–Trinajstić information content (AvgIpc) is 3.17. The van der Waals surface area contributed by atoms with Crippen molar-refractivity contribution in [2.75, 3.05) is 7.11 Å². The van der Waals surface area contributed by atoms with Gasteiger partial charge in [0.2, 0.25) is 0 Å². The molecule has 0 radical (unpaired) electrons. The van der Waals surface area contributed by atoms with E-state index >= 15 is 0 Å². The normalized spacial score (nSPS) is 15.5. The fourth-order valence-corrected chi connectivity index (χ4v) is 3.89. The average molecular weight is 461 g/mol. The van der Waals surface area contributed by atoms with Crippen LogP contribution in [0.1, 0.15) is 21.5 Å². The van der Waals surface area contributed by atoms with Crippen molar-refractivity contribution in [2.45, 2.75) is 6.61 Å². The number of nitrogens with zero attached hydrogens (tertiary/aromatic N) is 1. The Bertz CT molecular complexity index is 1240. The third-order valence-electron chi connectivity index (χ3n) is 4.72. The van der Waals surface area contributed by atoms with Crippen molar-refractivity contribution in [3.8, 4) is 11.5 Å². The number of nitrogens with one attached hydrogen (secondary N) is 1. The molecule has 0 unspecified atom stereocenters. The number of thioether (sulfide) groups is 1. The molecule has 1 aliphatic rings. The molecule has 1 fully saturated rings. The maximum atomic E-state index is 12.4. The van der Waals surface area contributed by atoms with Gasteiger partial charge in [-0.15, -0.1) is 0 Å². The molecular weight excluding hydrogens is 440 g/mol. The minimum Gasteiger partial charge on any atom is -0.493 e. The van der Waals surface area contributed by atoms with E-state index in [9.17, 15) is 9.59 Å². The lowest BCUT2D eigenvalue weighted by molar-refractivity contribution is -0.115. The van der Waals surface area contributed by atoms with E-state index in [1.54, 1.807) is 37.5 Å². The molecule has 3 aromatic carbocycles. The Morgan fingerprint density at radius 1 is 1.06 bits per heavy atom. The number of carbonyl (C=O) groups is 2. The predicted molar refractivity (Wildman–Crippen MR) is 128 cm³/mol. The summed E-state index contributed by atoms with van der Waals surface area (Å²) in [6.07, 6.45) is 1.77. The quantitative estimate of drug-likeness (QED) is 0.489. The number of amidine groups is 1. The molecule has 1 amide bonds. The molecule has 2 N–H and O–H groups in total. The van der Waals surface area contributed by atoms with Crippen LogP contribution in [-0.2, 0) is 11.4 Å². The van der Waals surface area contributed by atoms with E-state index in [0.717, 1.165) is 16.8 Å². The summed E-state index contributed by atoms with van der Waals surface area (Å²) in [5.41, 5.74) is 2.60. The van der Waals surface area contributed by atoms with Gasteiger partial charge in [0.1, 0.15) is 6.61 Å². The first-order valence-corrected chi connectivity index (χ1v) is 10.8. The number of methoxy groups -OCH3 is 1. The number of hydrogen-bond acceptors (Lipinski definition) is 6. The number of benzene rings is 3. The molecule has 1 saturated heterocycles. The third kappa shape index (κ3) is 5.61. The van der Waals surface area contributed by atoms with Gasteiger partial charge in [0.05, 0.1) is 23.3 Å². The van der Waals surface area contributed by atoms with Gasteiger partial charge in [0, 0.05) is 0 Å². The van der Waals surface area contributed by atoms with E-state index in [0.29, 0.717) is 21.6 Å². The summed E-state index contributed by atoms with van der Waals surface area (Å²) in [6, 6.07) is 21.3. The molecule has 0 bridgehead atoms. The molecule has 0 spiro atoms. The van der Waals surface area contributed by atoms with Crippen LogP contribution in [0.25, 0.3) is 6.08 Å². The van der Waals surface area contributed by atoms with Crippen molar-refractivity contribution in [3.05, 3.63) is 94.4 Å². The Morgan fingerprint density at radius 3 is 2.52 bits per heavy atom. The smallest absolute Gasteiger partial charge is 0.335 e. The van der Waals surface area contributed by atoms with Crippen molar-refractivity contribution in [1.29, 1.82) is 0 Å². The molecule has 33 heavy (non-hydrogen) atoms. The summed E-state index contributed by atoms with van der Waals surface area (Å²) in [7, 11) is 1.54. The van der Waals surface area contributed by atoms with E-state index in [-0.39, 0.29) is 18.1 Å². The minimum absolute atomic E-state index is 0.209. The Labute approximate surface area is 194 Å². The van der Waals surface area contributed by atoms with E-state index < -0.39 is 5.97 Å². The van der Waals surface area contributed by atoms with Crippen molar-refractivity contribution >= 4 is 40.6 Å². The second kappa shape index (κ2) is 10.1. The van der Waals surface area contributed by atoms with Gasteiger partial charge >= 0.3 is 5.97 Å². The zero-order valence-corrected chi connectivity index (χ0v) is 18.5. The Kier molecular flexibility index (Phi) is 6.75. The zero-order chi connectivity index (χ0) is 23.2. The molecule has 1 heterocycles. The maximum Gasteiger partial charge on any atom is 0.335 e. The number of ether oxygens (including phenoxy) is 2. The fraction of sp³-hybridized carbons (Fsp3) is 0.0800. The Morgan fingerprint density at radius 2 is 1.82 bits per heavy atom. The molecule has 4 rings (SSSR count). The second-order valence-corrected chi connectivity index (χ2v) is 8.05. The van der Waals surface area contributed by atoms with Crippen LogP contribution < -0.4 is 14.8 Å². The third-order valence-corrected chi connectivity index (χ3v) is 5.63. The monoisotopic (exact) mass is 460 g/mol. The summed E-state index contributed by atoms with van der Waals surface area (Å²) in [5, 5.41) is 12.3. The summed E-state index contributed by atoms with van der Waals surface area (Å²) < 4.78 is 11.3. The molecule has 7 nitrogen and oxygen atoms in total. The second-order valence-electron chi connectivity index (χ2n) is 7.02. The topological polar surface area (TPSA) is 97.2 Å². The summed E-state index contributed by atoms with van der Waals surface area (Å²) in [6.45, 7) is 0.258. The summed E-state index contributed by atoms with van der Waals surface area (Å²) >= 11 is 1.27. The molecular formula is C25H20N2O5S. The maximum absolute atomic E-state index is 12.4. The number of carboxylic acid groups (broad SMARTS) is 1. The molecule has 8 heteroatoms. The van der Waals surface area contributed by atoms with E-state index in [1.165, 1.54) is 23.9 Å². The van der Waals surface area contributed by atoms with Gasteiger partial charge in [-0.1, -0.05) is 36.4 Å². The lowest BCUT2D eigenvalue weighted by atomic mass is 10.1. The van der Waals surface area contributed by atoms with Gasteiger partial charge in [-0.25, -0.2) is 9.79 Å². The van der Waals surface area contributed by atoms with E-state index in [4.69, 9.17) is 14.6 Å². The fourth-order valence-electron chi connectivity index (χ4n) is 3.05. The van der Waals surface area contributed by atoms with Crippen LogP contribution in [0.4, 0.5) is 5.69 Å². The van der Waals surface area contributed by atoms with Crippen LogP contribution in [0, 0.1) is 0 Å². The van der Waals surface area contributed by atoms with Gasteiger partial charge in [-0.05, 0) is 65.4 Å². The Hall–Kier alpha value is -4.04. The van der Waals surface area contributed by atoms with Crippen molar-refractivity contribution in [3.63, 3.8) is 0 Å². The van der Waals surface area contributed by atoms with Crippen LogP contribution >= 0.6 is 11.8 Å². The number of para-hydroxylation sites is 1. The van der Waals surface area contributed by atoms with Crippen LogP contribution in [0.5, 0.6) is 11.5 Å². The molecule has 3 aromatic rings. The number of carboxylic acids is 1. The molecule has 1 aliphatic heterocycles. The highest BCUT2D eigenvalue weighted by atomic mass is 32.2. The first-order valence-electron chi connectivity index (χ1n) is 9.99. The lowest BCUT2D eigenvalue weighted by Crippen LogP contribution is -2.19. The molecule has 166 valence electrons. The first-order chi connectivity index (χ1) is 16.0. The number of rotatable bonds is 7. The number of aromatic carboxylic acids is 1. The van der Waals surface area contributed by atoms with Gasteiger partial charge in [-0.2, -0.15) is 0 Å². The van der Waals surface area contributed by atoms with Crippen LogP contribution in [0.3, 0.4) is 0 Å². The predicted octanol–water partition coefficient (Wildman–Crippen LogP) is 4.86. The number of amides is 1. The van der Waals surface area contributed by atoms with Crippen LogP contribution in [-0.4, -0.2) is 29.3 Å². The standard InChI is InChI=1S/C25H20N2O5S/c1-31-21-13-17(9-12-20(21)32-15-16-7-10-18(11-8-16)24(29)30)14-22-23(28)27-25(33-22)26-19-5-3-2-4-6-19/h2-14H,15H2,1H3,(H,29,30)(H,26,27,28)/b22-14+. The molecule has 0 aliphatic carbocycles.